The topological polar surface area (TPSA) is 89.7 Å². The molecule has 2 saturated carbocycles. The quantitative estimate of drug-likeness (QED) is 0.485. The Balaban J connectivity index is 0.000000445. The molecular formula is C26H31Cl2FN3O3S-. The summed E-state index contributed by atoms with van der Waals surface area (Å²) in [5.41, 5.74) is 8.50. The zero-order valence-electron chi connectivity index (χ0n) is 20.2. The highest BCUT2D eigenvalue weighted by Gasteiger charge is 2.30. The van der Waals surface area contributed by atoms with Crippen molar-refractivity contribution in [1.82, 2.24) is 9.80 Å². The molecule has 3 fully saturated rings. The Labute approximate surface area is 224 Å². The van der Waals surface area contributed by atoms with Crippen molar-refractivity contribution >= 4 is 40.2 Å². The van der Waals surface area contributed by atoms with Gasteiger partial charge in [-0.05, 0) is 85.5 Å². The zero-order chi connectivity index (χ0) is 26.0. The van der Waals surface area contributed by atoms with Crippen LogP contribution in [0.3, 0.4) is 0 Å². The molecule has 2 aliphatic carbocycles. The lowest BCUT2D eigenvalue weighted by Crippen LogP contribution is -2.46. The fourth-order valence-corrected chi connectivity index (χ4v) is 5.63. The lowest BCUT2D eigenvalue weighted by molar-refractivity contribution is 0.0975. The average Bonchev–Trinajstić information content (AvgIpc) is 3.72. The molecular weight excluding hydrogens is 524 g/mol. The van der Waals surface area contributed by atoms with Crippen molar-refractivity contribution < 1.29 is 17.9 Å². The summed E-state index contributed by atoms with van der Waals surface area (Å²) in [6.07, 6.45) is 3.95. The third-order valence-electron chi connectivity index (χ3n) is 7.02. The lowest BCUT2D eigenvalue weighted by atomic mass is 9.98. The molecule has 0 bridgehead atoms. The summed E-state index contributed by atoms with van der Waals surface area (Å²) in [7, 11) is 0. The standard InChI is InChI=1S/C23H26Cl2FN3O.C3H6O2S/c1-14(16-8-18(24)11-19(25)9-16)29-6-4-28(5-7-29)13-17-10-22(26)21(23(27)30)12-20(17)15-2-3-15;4-6(5)3-1-2-3/h8-12,14-15H,2-7,13H2,1H3,(H2,27,30);3H,1-2H2,(H,4,5)/p-1. The molecule has 10 heteroatoms. The monoisotopic (exact) mass is 554 g/mol. The van der Waals surface area contributed by atoms with Crippen LogP contribution in [0.5, 0.6) is 0 Å². The summed E-state index contributed by atoms with van der Waals surface area (Å²) in [5, 5.41) is 1.32. The van der Waals surface area contributed by atoms with Crippen molar-refractivity contribution in [3.8, 4) is 0 Å². The second kappa shape index (κ2) is 11.9. The van der Waals surface area contributed by atoms with E-state index in [4.69, 9.17) is 28.9 Å². The minimum absolute atomic E-state index is 0.000484. The molecule has 196 valence electrons. The average molecular weight is 556 g/mol. The first-order valence-electron chi connectivity index (χ1n) is 12.2. The van der Waals surface area contributed by atoms with Gasteiger partial charge in [-0.3, -0.25) is 18.8 Å². The zero-order valence-corrected chi connectivity index (χ0v) is 22.5. The molecule has 2 unspecified atom stereocenters. The number of hydrogen-bond donors (Lipinski definition) is 1. The molecule has 1 saturated heterocycles. The van der Waals surface area contributed by atoms with Crippen molar-refractivity contribution in [2.75, 3.05) is 26.2 Å². The number of nitrogens with two attached hydrogens (primary N) is 1. The molecule has 36 heavy (non-hydrogen) atoms. The number of hydrogen-bond acceptors (Lipinski definition) is 5. The van der Waals surface area contributed by atoms with Crippen LogP contribution < -0.4 is 5.73 Å². The number of rotatable bonds is 7. The maximum atomic E-state index is 14.4. The molecule has 0 aromatic heterocycles. The van der Waals surface area contributed by atoms with Crippen LogP contribution in [-0.4, -0.2) is 55.9 Å². The molecule has 6 nitrogen and oxygen atoms in total. The summed E-state index contributed by atoms with van der Waals surface area (Å²) in [5.74, 6) is -0.802. The molecule has 1 heterocycles. The smallest absolute Gasteiger partial charge is 0.251 e. The lowest BCUT2D eigenvalue weighted by Gasteiger charge is -2.38. The molecule has 5 rings (SSSR count). The van der Waals surface area contributed by atoms with Crippen LogP contribution in [0.1, 0.15) is 71.6 Å². The van der Waals surface area contributed by atoms with Crippen LogP contribution in [-0.2, 0) is 17.6 Å². The van der Waals surface area contributed by atoms with E-state index >= 15 is 0 Å². The van der Waals surface area contributed by atoms with Crippen molar-refractivity contribution in [2.24, 2.45) is 5.73 Å². The first-order chi connectivity index (χ1) is 17.1. The predicted octanol–water partition coefficient (Wildman–Crippen LogP) is 5.02. The van der Waals surface area contributed by atoms with Gasteiger partial charge in [0.2, 0.25) is 0 Å². The van der Waals surface area contributed by atoms with E-state index in [1.54, 1.807) is 12.1 Å². The number of amides is 1. The Morgan fingerprint density at radius 2 is 1.69 bits per heavy atom. The van der Waals surface area contributed by atoms with E-state index < -0.39 is 22.8 Å². The molecule has 3 aliphatic rings. The van der Waals surface area contributed by atoms with E-state index in [1.165, 1.54) is 6.07 Å². The molecule has 0 radical (unpaired) electrons. The normalized spacial score (nSPS) is 20.4. The van der Waals surface area contributed by atoms with Crippen LogP contribution in [0.2, 0.25) is 10.0 Å². The Hall–Kier alpha value is -1.55. The number of halogens is 3. The second-order valence-corrected chi connectivity index (χ2v) is 11.9. The molecule has 2 atom stereocenters. The minimum atomic E-state index is -1.76. The summed E-state index contributed by atoms with van der Waals surface area (Å²) < 4.78 is 33.9. The van der Waals surface area contributed by atoms with E-state index in [0.29, 0.717) is 22.5 Å². The first kappa shape index (κ1) is 27.5. The highest BCUT2D eigenvalue weighted by molar-refractivity contribution is 7.80. The summed E-state index contributed by atoms with van der Waals surface area (Å²) in [6, 6.07) is 9.09. The third kappa shape index (κ3) is 7.27. The van der Waals surface area contributed by atoms with Gasteiger partial charge in [-0.15, -0.1) is 0 Å². The van der Waals surface area contributed by atoms with Crippen LogP contribution in [0.25, 0.3) is 0 Å². The molecule has 2 aromatic rings. The van der Waals surface area contributed by atoms with Gasteiger partial charge >= 0.3 is 0 Å². The van der Waals surface area contributed by atoms with Gasteiger partial charge in [0, 0.05) is 54.1 Å². The first-order valence-corrected chi connectivity index (χ1v) is 14.1. The third-order valence-corrected chi connectivity index (χ3v) is 8.48. The molecule has 0 spiro atoms. The van der Waals surface area contributed by atoms with Crippen LogP contribution in [0.15, 0.2) is 30.3 Å². The van der Waals surface area contributed by atoms with Crippen LogP contribution >= 0.6 is 23.2 Å². The number of carbonyl (C=O) groups excluding carboxylic acids is 1. The predicted molar refractivity (Wildman–Crippen MR) is 141 cm³/mol. The van der Waals surface area contributed by atoms with E-state index in [-0.39, 0.29) is 16.9 Å². The second-order valence-electron chi connectivity index (χ2n) is 9.82. The van der Waals surface area contributed by atoms with Gasteiger partial charge in [0.05, 0.1) is 5.56 Å². The Bertz CT molecular complexity index is 1120. The molecule has 1 aliphatic heterocycles. The minimum Gasteiger partial charge on any atom is -0.772 e. The number of benzene rings is 2. The van der Waals surface area contributed by atoms with Gasteiger partial charge in [-0.25, -0.2) is 4.39 Å². The van der Waals surface area contributed by atoms with E-state index in [2.05, 4.69) is 16.7 Å². The fraction of sp³-hybridized carbons (Fsp3) is 0.500. The summed E-state index contributed by atoms with van der Waals surface area (Å²) >= 11 is 10.6. The van der Waals surface area contributed by atoms with Crippen molar-refractivity contribution in [2.45, 2.75) is 56.4 Å². The van der Waals surface area contributed by atoms with Crippen LogP contribution in [0, 0.1) is 5.82 Å². The van der Waals surface area contributed by atoms with Crippen molar-refractivity contribution in [3.05, 3.63) is 68.4 Å². The van der Waals surface area contributed by atoms with Gasteiger partial charge in [0.15, 0.2) is 0 Å². The van der Waals surface area contributed by atoms with Crippen LogP contribution in [0.4, 0.5) is 4.39 Å². The molecule has 2 N–H and O–H groups in total. The maximum Gasteiger partial charge on any atom is 0.251 e. The van der Waals surface area contributed by atoms with E-state index in [9.17, 15) is 17.9 Å². The Kier molecular flexibility index (Phi) is 9.07. The number of piperazine rings is 1. The van der Waals surface area contributed by atoms with E-state index in [1.807, 2.05) is 12.1 Å². The highest BCUT2D eigenvalue weighted by Crippen LogP contribution is 2.42. The van der Waals surface area contributed by atoms with Crippen molar-refractivity contribution in [1.29, 1.82) is 0 Å². The maximum absolute atomic E-state index is 14.4. The fourth-order valence-electron chi connectivity index (χ4n) is 4.57. The molecule has 1 amide bonds. The Morgan fingerprint density at radius 3 is 2.17 bits per heavy atom. The number of primary amides is 1. The van der Waals surface area contributed by atoms with Gasteiger partial charge in [-0.2, -0.15) is 0 Å². The van der Waals surface area contributed by atoms with Gasteiger partial charge < -0.3 is 10.3 Å². The summed E-state index contributed by atoms with van der Waals surface area (Å²) in [4.78, 5) is 16.3. The van der Waals surface area contributed by atoms with Gasteiger partial charge in [0.25, 0.3) is 5.91 Å². The number of nitrogens with zero attached hydrogens (tertiary/aromatic N) is 2. The highest BCUT2D eigenvalue weighted by atomic mass is 35.5. The molecule has 2 aromatic carbocycles. The SMILES string of the molecule is CC(c1cc(Cl)cc(Cl)c1)N1CCN(Cc2cc(F)c(C(N)=O)cc2C2CC2)CC1.O=S([O-])C1CC1. The Morgan fingerprint density at radius 1 is 1.08 bits per heavy atom. The van der Waals surface area contributed by atoms with Crippen molar-refractivity contribution in [3.63, 3.8) is 0 Å². The summed E-state index contributed by atoms with van der Waals surface area (Å²) in [6.45, 7) is 6.45. The number of carbonyl (C=O) groups is 1. The van der Waals surface area contributed by atoms with Gasteiger partial charge in [0.1, 0.15) is 5.82 Å². The van der Waals surface area contributed by atoms with E-state index in [0.717, 1.165) is 68.6 Å². The largest absolute Gasteiger partial charge is 0.772 e. The van der Waals surface area contributed by atoms with Gasteiger partial charge in [-0.1, -0.05) is 34.3 Å².